The average Bonchev–Trinajstić information content (AvgIpc) is 2.60. The molecule has 5 heteroatoms. The molecule has 0 aliphatic carbocycles. The van der Waals surface area contributed by atoms with Crippen molar-refractivity contribution in [2.24, 2.45) is 0 Å². The van der Waals surface area contributed by atoms with Gasteiger partial charge in [0.05, 0.1) is 0 Å². The van der Waals surface area contributed by atoms with Crippen LogP contribution >= 0.6 is 0 Å². The summed E-state index contributed by atoms with van der Waals surface area (Å²) in [6.07, 6.45) is 6.35. The lowest BCUT2D eigenvalue weighted by Crippen LogP contribution is -2.13. The lowest BCUT2D eigenvalue weighted by atomic mass is 10.3. The average molecular weight is 215 g/mol. The van der Waals surface area contributed by atoms with Gasteiger partial charge in [-0.05, 0) is 6.42 Å². The summed E-state index contributed by atoms with van der Waals surface area (Å²) in [5.41, 5.74) is 0. The first-order valence-corrected chi connectivity index (χ1v) is 6.28. The van der Waals surface area contributed by atoms with Crippen LogP contribution in [0.1, 0.15) is 13.3 Å². The Bertz CT molecular complexity index is 311. The molecule has 1 rings (SSSR count). The number of anilines is 1. The fourth-order valence-corrected chi connectivity index (χ4v) is 1.64. The van der Waals surface area contributed by atoms with Gasteiger partial charge in [-0.3, -0.25) is 4.21 Å². The number of hydrogen-bond donors (Lipinski definition) is 1. The summed E-state index contributed by atoms with van der Waals surface area (Å²) in [5.74, 6) is 0.860. The Balaban J connectivity index is 2.49. The highest BCUT2D eigenvalue weighted by molar-refractivity contribution is 7.84. The van der Waals surface area contributed by atoms with Crippen LogP contribution in [0.5, 0.6) is 0 Å². The van der Waals surface area contributed by atoms with Gasteiger partial charge in [0, 0.05) is 48.3 Å². The minimum atomic E-state index is -0.735. The van der Waals surface area contributed by atoms with E-state index in [1.165, 1.54) is 0 Å². The molecule has 0 spiro atoms. The van der Waals surface area contributed by atoms with E-state index in [4.69, 9.17) is 0 Å². The highest BCUT2D eigenvalue weighted by Gasteiger charge is 2.07. The number of hydrogen-bond acceptors (Lipinski definition) is 3. The molecular weight excluding hydrogens is 198 g/mol. The summed E-state index contributed by atoms with van der Waals surface area (Å²) in [5, 5.41) is 3.24. The number of nitrogens with one attached hydrogen (secondary N) is 1. The van der Waals surface area contributed by atoms with Crippen molar-refractivity contribution in [3.8, 4) is 0 Å². The number of rotatable bonds is 5. The van der Waals surface area contributed by atoms with Crippen LogP contribution in [-0.4, -0.2) is 32.3 Å². The second-order valence-corrected chi connectivity index (χ2v) is 5.09. The van der Waals surface area contributed by atoms with Gasteiger partial charge in [-0.15, -0.1) is 0 Å². The van der Waals surface area contributed by atoms with Crippen molar-refractivity contribution < 1.29 is 4.21 Å². The van der Waals surface area contributed by atoms with Crippen LogP contribution < -0.4 is 5.32 Å². The van der Waals surface area contributed by atoms with Crippen molar-refractivity contribution in [3.05, 3.63) is 12.4 Å². The van der Waals surface area contributed by atoms with Gasteiger partial charge in [-0.25, -0.2) is 4.98 Å². The molecule has 1 aromatic rings. The van der Waals surface area contributed by atoms with Crippen molar-refractivity contribution in [2.75, 3.05) is 18.6 Å². The zero-order chi connectivity index (χ0) is 10.6. The maximum Gasteiger partial charge on any atom is 0.202 e. The molecule has 1 aromatic heterocycles. The summed E-state index contributed by atoms with van der Waals surface area (Å²) in [4.78, 5) is 4.13. The van der Waals surface area contributed by atoms with E-state index >= 15 is 0 Å². The van der Waals surface area contributed by atoms with Gasteiger partial charge >= 0.3 is 0 Å². The van der Waals surface area contributed by atoms with Crippen molar-refractivity contribution in [1.82, 2.24) is 9.55 Å². The zero-order valence-corrected chi connectivity index (χ0v) is 9.67. The first-order valence-electron chi connectivity index (χ1n) is 4.66. The number of nitrogens with zero attached hydrogens (tertiary/aromatic N) is 2. The topological polar surface area (TPSA) is 46.9 Å². The van der Waals surface area contributed by atoms with Gasteiger partial charge in [0.2, 0.25) is 5.95 Å². The molecular formula is C9H17N3OS. The van der Waals surface area contributed by atoms with E-state index in [2.05, 4.69) is 10.3 Å². The van der Waals surface area contributed by atoms with Crippen molar-refractivity contribution in [1.29, 1.82) is 0 Å². The van der Waals surface area contributed by atoms with Crippen LogP contribution in [0.25, 0.3) is 0 Å². The van der Waals surface area contributed by atoms with Crippen LogP contribution in [0.4, 0.5) is 5.95 Å². The van der Waals surface area contributed by atoms with Crippen molar-refractivity contribution in [2.45, 2.75) is 25.1 Å². The van der Waals surface area contributed by atoms with E-state index in [1.54, 1.807) is 12.5 Å². The van der Waals surface area contributed by atoms with Crippen LogP contribution in [0.3, 0.4) is 0 Å². The van der Waals surface area contributed by atoms with Gasteiger partial charge in [-0.2, -0.15) is 0 Å². The number of imidazole rings is 1. The Morgan fingerprint density at radius 2 is 2.43 bits per heavy atom. The van der Waals surface area contributed by atoms with E-state index in [0.29, 0.717) is 0 Å². The van der Waals surface area contributed by atoms with Crippen molar-refractivity contribution >= 4 is 16.7 Å². The highest BCUT2D eigenvalue weighted by Crippen LogP contribution is 2.07. The Kier molecular flexibility index (Phi) is 4.13. The maximum atomic E-state index is 11.1. The van der Waals surface area contributed by atoms with Crippen LogP contribution in [0.15, 0.2) is 12.4 Å². The minimum Gasteiger partial charge on any atom is -0.359 e. The molecule has 2 atom stereocenters. The van der Waals surface area contributed by atoms with Gasteiger partial charge < -0.3 is 9.88 Å². The van der Waals surface area contributed by atoms with E-state index in [-0.39, 0.29) is 5.25 Å². The van der Waals surface area contributed by atoms with E-state index < -0.39 is 10.8 Å². The van der Waals surface area contributed by atoms with Crippen molar-refractivity contribution in [3.63, 3.8) is 0 Å². The Morgan fingerprint density at radius 1 is 1.71 bits per heavy atom. The Morgan fingerprint density at radius 3 is 3.00 bits per heavy atom. The molecule has 1 heterocycles. The normalized spacial score (nSPS) is 15.1. The predicted molar refractivity (Wildman–Crippen MR) is 59.9 cm³/mol. The maximum absolute atomic E-state index is 11.1. The third kappa shape index (κ3) is 2.83. The molecule has 0 fully saturated rings. The minimum absolute atomic E-state index is 0.238. The third-order valence-electron chi connectivity index (χ3n) is 2.28. The molecule has 1 N–H and O–H groups in total. The monoisotopic (exact) mass is 215 g/mol. The Labute approximate surface area is 87.2 Å². The molecule has 0 amide bonds. The quantitative estimate of drug-likeness (QED) is 0.799. The van der Waals surface area contributed by atoms with Gasteiger partial charge in [0.1, 0.15) is 0 Å². The summed E-state index contributed by atoms with van der Waals surface area (Å²) >= 11 is 0. The van der Waals surface area contributed by atoms with E-state index in [1.807, 2.05) is 24.7 Å². The second kappa shape index (κ2) is 5.14. The lowest BCUT2D eigenvalue weighted by Gasteiger charge is -2.10. The summed E-state index contributed by atoms with van der Waals surface area (Å²) in [6, 6.07) is 0. The third-order valence-corrected chi connectivity index (χ3v) is 3.65. The van der Waals surface area contributed by atoms with Gasteiger partial charge in [-0.1, -0.05) is 6.92 Å². The zero-order valence-electron chi connectivity index (χ0n) is 8.86. The molecule has 0 aliphatic heterocycles. The van der Waals surface area contributed by atoms with Crippen LogP contribution in [0.2, 0.25) is 0 Å². The largest absolute Gasteiger partial charge is 0.359 e. The molecule has 2 unspecified atom stereocenters. The fraction of sp³-hybridized carbons (Fsp3) is 0.667. The highest BCUT2D eigenvalue weighted by atomic mass is 32.2. The predicted octanol–water partition coefficient (Wildman–Crippen LogP) is 1.08. The smallest absolute Gasteiger partial charge is 0.202 e. The fourth-order valence-electron chi connectivity index (χ4n) is 1.20. The van der Waals surface area contributed by atoms with E-state index in [9.17, 15) is 4.21 Å². The van der Waals surface area contributed by atoms with Gasteiger partial charge in [0.25, 0.3) is 0 Å². The summed E-state index contributed by atoms with van der Waals surface area (Å²) in [6.45, 7) is 2.86. The number of aryl methyl sites for hydroxylation is 1. The first kappa shape index (κ1) is 11.2. The van der Waals surface area contributed by atoms with Crippen LogP contribution in [-0.2, 0) is 17.3 Å². The molecule has 80 valence electrons. The summed E-state index contributed by atoms with van der Waals surface area (Å²) < 4.78 is 13.2. The summed E-state index contributed by atoms with van der Waals surface area (Å²) in [7, 11) is 1.11. The molecule has 0 radical (unpaired) electrons. The molecule has 14 heavy (non-hydrogen) atoms. The SMILES string of the molecule is CNc1nccn1CCC(C)S(C)=O. The lowest BCUT2D eigenvalue weighted by molar-refractivity contribution is 0.623. The van der Waals surface area contributed by atoms with Gasteiger partial charge in [0.15, 0.2) is 0 Å². The van der Waals surface area contributed by atoms with Crippen LogP contribution in [0, 0.1) is 0 Å². The first-order chi connectivity index (χ1) is 6.65. The Hall–Kier alpha value is -0.840. The molecule has 0 bridgehead atoms. The number of aromatic nitrogens is 2. The second-order valence-electron chi connectivity index (χ2n) is 3.29. The molecule has 0 saturated heterocycles. The molecule has 0 aliphatic rings. The standard InChI is InChI=1S/C9H17N3OS/c1-8(14(3)13)4-6-12-7-5-11-9(12)10-2/h5,7-8H,4,6H2,1-3H3,(H,10,11). The molecule has 0 saturated carbocycles. The van der Waals surface area contributed by atoms with E-state index in [0.717, 1.165) is 18.9 Å². The molecule has 0 aromatic carbocycles. The molecule has 4 nitrogen and oxygen atoms in total.